The fraction of sp³-hybridized carbons (Fsp3) is 0.167. The standard InChI is InChI=1S/C18H17N5O3/c1-13-12-14(5-6-17(13)23(25)26)18(24)20-9-11-22-10-7-16(21-22)15-4-2-3-8-19-15/h2-8,10,12H,9,11H2,1H3,(H,20,24). The van der Waals surface area contributed by atoms with Crippen LogP contribution >= 0.6 is 0 Å². The van der Waals surface area contributed by atoms with E-state index in [1.165, 1.54) is 18.2 Å². The minimum absolute atomic E-state index is 0.000131. The van der Waals surface area contributed by atoms with Crippen LogP contribution in [0.25, 0.3) is 11.4 Å². The summed E-state index contributed by atoms with van der Waals surface area (Å²) < 4.78 is 1.73. The van der Waals surface area contributed by atoms with Crippen molar-refractivity contribution in [3.05, 3.63) is 76.1 Å². The Hall–Kier alpha value is -3.55. The lowest BCUT2D eigenvalue weighted by Gasteiger charge is -2.06. The second-order valence-electron chi connectivity index (χ2n) is 5.69. The summed E-state index contributed by atoms with van der Waals surface area (Å²) in [5, 5.41) is 18.0. The number of amides is 1. The molecule has 8 nitrogen and oxygen atoms in total. The molecule has 3 rings (SSSR count). The van der Waals surface area contributed by atoms with Gasteiger partial charge in [-0.05, 0) is 37.3 Å². The van der Waals surface area contributed by atoms with Crippen molar-refractivity contribution in [1.29, 1.82) is 0 Å². The fourth-order valence-electron chi connectivity index (χ4n) is 2.52. The molecule has 0 unspecified atom stereocenters. The van der Waals surface area contributed by atoms with Crippen molar-refractivity contribution >= 4 is 11.6 Å². The number of nitro groups is 1. The van der Waals surface area contributed by atoms with Crippen LogP contribution in [0, 0.1) is 17.0 Å². The van der Waals surface area contributed by atoms with E-state index in [2.05, 4.69) is 15.4 Å². The van der Waals surface area contributed by atoms with Crippen molar-refractivity contribution in [2.45, 2.75) is 13.5 Å². The van der Waals surface area contributed by atoms with Crippen LogP contribution in [-0.2, 0) is 6.54 Å². The summed E-state index contributed by atoms with van der Waals surface area (Å²) in [5.41, 5.74) is 2.40. The van der Waals surface area contributed by atoms with Gasteiger partial charge in [0, 0.05) is 36.1 Å². The van der Waals surface area contributed by atoms with Crippen LogP contribution in [0.15, 0.2) is 54.9 Å². The van der Waals surface area contributed by atoms with Crippen molar-refractivity contribution in [2.24, 2.45) is 0 Å². The number of nitro benzene ring substituents is 1. The molecule has 0 fully saturated rings. The van der Waals surface area contributed by atoms with Gasteiger partial charge in [0.25, 0.3) is 11.6 Å². The molecule has 3 aromatic rings. The van der Waals surface area contributed by atoms with Crippen molar-refractivity contribution < 1.29 is 9.72 Å². The molecule has 0 aliphatic rings. The van der Waals surface area contributed by atoms with E-state index in [1.807, 2.05) is 30.5 Å². The SMILES string of the molecule is Cc1cc(C(=O)NCCn2ccc(-c3ccccn3)n2)ccc1[N+](=O)[O-]. The smallest absolute Gasteiger partial charge is 0.272 e. The quantitative estimate of drug-likeness (QED) is 0.543. The number of aryl methyl sites for hydroxylation is 1. The second kappa shape index (κ2) is 7.56. The fourth-order valence-corrected chi connectivity index (χ4v) is 2.52. The summed E-state index contributed by atoms with van der Waals surface area (Å²) in [6.45, 7) is 2.50. The van der Waals surface area contributed by atoms with Crippen molar-refractivity contribution in [1.82, 2.24) is 20.1 Å². The summed E-state index contributed by atoms with van der Waals surface area (Å²) in [6, 6.07) is 11.8. The molecule has 0 aliphatic carbocycles. The Labute approximate surface area is 149 Å². The van der Waals surface area contributed by atoms with E-state index < -0.39 is 4.92 Å². The van der Waals surface area contributed by atoms with Gasteiger partial charge < -0.3 is 5.32 Å². The predicted octanol–water partition coefficient (Wildman–Crippen LogP) is 2.59. The van der Waals surface area contributed by atoms with E-state index in [0.717, 1.165) is 11.4 Å². The first-order valence-electron chi connectivity index (χ1n) is 8.02. The maximum atomic E-state index is 12.2. The maximum Gasteiger partial charge on any atom is 0.272 e. The molecule has 1 amide bonds. The Morgan fingerprint density at radius 1 is 1.23 bits per heavy atom. The highest BCUT2D eigenvalue weighted by Gasteiger charge is 2.13. The number of nitrogens with one attached hydrogen (secondary N) is 1. The number of rotatable bonds is 6. The number of carbonyl (C=O) groups is 1. The largest absolute Gasteiger partial charge is 0.350 e. The van der Waals surface area contributed by atoms with Gasteiger partial charge in [-0.1, -0.05) is 6.07 Å². The molecule has 0 saturated heterocycles. The first kappa shape index (κ1) is 17.3. The molecule has 0 atom stereocenters. The van der Waals surface area contributed by atoms with E-state index in [0.29, 0.717) is 24.2 Å². The van der Waals surface area contributed by atoms with Gasteiger partial charge in [-0.2, -0.15) is 5.10 Å². The Balaban J connectivity index is 1.57. The zero-order valence-electron chi connectivity index (χ0n) is 14.1. The minimum atomic E-state index is -0.464. The number of nitrogens with zero attached hydrogens (tertiary/aromatic N) is 4. The third kappa shape index (κ3) is 3.92. The number of hydrogen-bond acceptors (Lipinski definition) is 5. The normalized spacial score (nSPS) is 10.5. The molecule has 1 N–H and O–H groups in total. The second-order valence-corrected chi connectivity index (χ2v) is 5.69. The summed E-state index contributed by atoms with van der Waals surface area (Å²) in [4.78, 5) is 26.8. The molecule has 2 aromatic heterocycles. The zero-order valence-corrected chi connectivity index (χ0v) is 14.1. The maximum absolute atomic E-state index is 12.2. The lowest BCUT2D eigenvalue weighted by Crippen LogP contribution is -2.27. The molecule has 0 spiro atoms. The molecule has 132 valence electrons. The summed E-state index contributed by atoms with van der Waals surface area (Å²) >= 11 is 0. The lowest BCUT2D eigenvalue weighted by atomic mass is 10.1. The van der Waals surface area contributed by atoms with Gasteiger partial charge in [-0.15, -0.1) is 0 Å². The predicted molar refractivity (Wildman–Crippen MR) is 95.6 cm³/mol. The Kier molecular flexibility index (Phi) is 5.02. The lowest BCUT2D eigenvalue weighted by molar-refractivity contribution is -0.385. The van der Waals surface area contributed by atoms with Crippen LogP contribution < -0.4 is 5.32 Å². The molecule has 0 saturated carbocycles. The van der Waals surface area contributed by atoms with E-state index in [1.54, 1.807) is 17.8 Å². The Morgan fingerprint density at radius 3 is 2.77 bits per heavy atom. The van der Waals surface area contributed by atoms with Crippen LogP contribution in [0.1, 0.15) is 15.9 Å². The number of hydrogen-bond donors (Lipinski definition) is 1. The Bertz CT molecular complexity index is 937. The highest BCUT2D eigenvalue weighted by Crippen LogP contribution is 2.18. The molecule has 0 aliphatic heterocycles. The minimum Gasteiger partial charge on any atom is -0.350 e. The van der Waals surface area contributed by atoms with Gasteiger partial charge >= 0.3 is 0 Å². The van der Waals surface area contributed by atoms with Gasteiger partial charge in [0.05, 0.1) is 17.2 Å². The third-order valence-corrected chi connectivity index (χ3v) is 3.85. The van der Waals surface area contributed by atoms with Gasteiger partial charge in [0.2, 0.25) is 0 Å². The Morgan fingerprint density at radius 2 is 2.08 bits per heavy atom. The van der Waals surface area contributed by atoms with Crippen LogP contribution in [0.5, 0.6) is 0 Å². The number of benzene rings is 1. The molecule has 1 aromatic carbocycles. The average molecular weight is 351 g/mol. The van der Waals surface area contributed by atoms with E-state index in [4.69, 9.17) is 0 Å². The van der Waals surface area contributed by atoms with E-state index in [-0.39, 0.29) is 11.6 Å². The van der Waals surface area contributed by atoms with Crippen LogP contribution in [0.2, 0.25) is 0 Å². The van der Waals surface area contributed by atoms with Gasteiger partial charge in [0.1, 0.15) is 5.69 Å². The molecular formula is C18H17N5O3. The molecular weight excluding hydrogens is 334 g/mol. The van der Waals surface area contributed by atoms with E-state index in [9.17, 15) is 14.9 Å². The van der Waals surface area contributed by atoms with Gasteiger partial charge in [-0.25, -0.2) is 0 Å². The summed E-state index contributed by atoms with van der Waals surface area (Å²) in [7, 11) is 0. The first-order valence-corrected chi connectivity index (χ1v) is 8.02. The van der Waals surface area contributed by atoms with Gasteiger partial charge in [0.15, 0.2) is 0 Å². The van der Waals surface area contributed by atoms with Crippen LogP contribution in [-0.4, -0.2) is 32.1 Å². The van der Waals surface area contributed by atoms with Crippen molar-refractivity contribution in [3.8, 4) is 11.4 Å². The number of pyridine rings is 1. The monoisotopic (exact) mass is 351 g/mol. The molecule has 0 bridgehead atoms. The highest BCUT2D eigenvalue weighted by molar-refractivity contribution is 5.94. The highest BCUT2D eigenvalue weighted by atomic mass is 16.6. The summed E-state index contributed by atoms with van der Waals surface area (Å²) in [5.74, 6) is -0.278. The van der Waals surface area contributed by atoms with Gasteiger partial charge in [-0.3, -0.25) is 24.6 Å². The third-order valence-electron chi connectivity index (χ3n) is 3.85. The molecule has 2 heterocycles. The molecule has 26 heavy (non-hydrogen) atoms. The van der Waals surface area contributed by atoms with Crippen molar-refractivity contribution in [3.63, 3.8) is 0 Å². The average Bonchev–Trinajstić information content (AvgIpc) is 3.11. The van der Waals surface area contributed by atoms with Crippen LogP contribution in [0.3, 0.4) is 0 Å². The number of carbonyl (C=O) groups excluding carboxylic acids is 1. The first-order chi connectivity index (χ1) is 12.5. The topological polar surface area (TPSA) is 103 Å². The zero-order chi connectivity index (χ0) is 18.5. The van der Waals surface area contributed by atoms with Crippen LogP contribution in [0.4, 0.5) is 5.69 Å². The van der Waals surface area contributed by atoms with Crippen molar-refractivity contribution in [2.75, 3.05) is 6.54 Å². The molecule has 0 radical (unpaired) electrons. The summed E-state index contributed by atoms with van der Waals surface area (Å²) in [6.07, 6.45) is 3.53. The number of aromatic nitrogens is 3. The van der Waals surface area contributed by atoms with E-state index >= 15 is 0 Å². The molecule has 8 heteroatoms.